The Labute approximate surface area is 203 Å². The van der Waals surface area contributed by atoms with Gasteiger partial charge in [-0.05, 0) is 47.9 Å². The number of halogens is 1. The van der Waals surface area contributed by atoms with Gasteiger partial charge in [-0.1, -0.05) is 58.4 Å². The summed E-state index contributed by atoms with van der Waals surface area (Å²) >= 11 is 3.41. The molecule has 4 aromatic rings. The van der Waals surface area contributed by atoms with E-state index in [1.165, 1.54) is 7.11 Å². The Morgan fingerprint density at radius 1 is 1.03 bits per heavy atom. The second-order valence-corrected chi connectivity index (χ2v) is 8.98. The lowest BCUT2D eigenvalue weighted by molar-refractivity contribution is 0.0600. The first-order chi connectivity index (χ1) is 16.5. The minimum Gasteiger partial charge on any atom is -0.465 e. The fraction of sp³-hybridized carbons (Fsp3) is 0.148. The fourth-order valence-electron chi connectivity index (χ4n) is 4.38. The van der Waals surface area contributed by atoms with Gasteiger partial charge in [0.25, 0.3) is 5.91 Å². The first-order valence-corrected chi connectivity index (χ1v) is 11.6. The van der Waals surface area contributed by atoms with Crippen LogP contribution in [0.3, 0.4) is 0 Å². The summed E-state index contributed by atoms with van der Waals surface area (Å²) in [5.74, 6) is -0.712. The van der Waals surface area contributed by atoms with Crippen molar-refractivity contribution < 1.29 is 18.7 Å². The predicted octanol–water partition coefficient (Wildman–Crippen LogP) is 5.13. The van der Waals surface area contributed by atoms with Crippen LogP contribution < -0.4 is 5.43 Å². The van der Waals surface area contributed by atoms with Crippen LogP contribution in [0.25, 0.3) is 11.0 Å². The molecule has 34 heavy (non-hydrogen) atoms. The number of hydrogen-bond donors (Lipinski definition) is 0. The summed E-state index contributed by atoms with van der Waals surface area (Å²) in [4.78, 5) is 40.7. The molecule has 0 bridgehead atoms. The van der Waals surface area contributed by atoms with Crippen molar-refractivity contribution >= 4 is 38.8 Å². The number of carbonyl (C=O) groups is 2. The predicted molar refractivity (Wildman–Crippen MR) is 131 cm³/mol. The topological polar surface area (TPSA) is 76.8 Å². The van der Waals surface area contributed by atoms with Crippen LogP contribution >= 0.6 is 15.9 Å². The van der Waals surface area contributed by atoms with Gasteiger partial charge in [0.05, 0.1) is 29.7 Å². The van der Waals surface area contributed by atoms with Gasteiger partial charge in [0, 0.05) is 11.0 Å². The van der Waals surface area contributed by atoms with E-state index in [4.69, 9.17) is 9.15 Å². The monoisotopic (exact) mass is 517 g/mol. The van der Waals surface area contributed by atoms with Crippen molar-refractivity contribution in [1.82, 2.24) is 4.90 Å². The molecule has 0 saturated heterocycles. The van der Waals surface area contributed by atoms with Crippen LogP contribution in [-0.4, -0.2) is 30.4 Å². The fourth-order valence-corrected chi connectivity index (χ4v) is 4.74. The number of ether oxygens (including phenoxy) is 1. The standard InChI is InChI=1S/C27H20BrNO5/c1-33-27(32)18-9-7-17(8-10-18)23-22-24(30)20-15-19(28)11-12-21(20)34-25(22)26(31)29(23)14-13-16-5-3-2-4-6-16/h2-12,15,23H,13-14H2,1H3. The molecule has 170 valence electrons. The van der Waals surface area contributed by atoms with Crippen molar-refractivity contribution in [3.05, 3.63) is 116 Å². The van der Waals surface area contributed by atoms with Gasteiger partial charge in [0.2, 0.25) is 5.76 Å². The zero-order valence-corrected chi connectivity index (χ0v) is 19.9. The van der Waals surface area contributed by atoms with E-state index in [2.05, 4.69) is 15.9 Å². The van der Waals surface area contributed by atoms with Gasteiger partial charge in [-0.3, -0.25) is 9.59 Å². The molecule has 6 nitrogen and oxygen atoms in total. The van der Waals surface area contributed by atoms with Crippen LogP contribution in [0.5, 0.6) is 0 Å². The van der Waals surface area contributed by atoms with Crippen molar-refractivity contribution in [3.8, 4) is 0 Å². The third kappa shape index (κ3) is 3.82. The Morgan fingerprint density at radius 2 is 1.76 bits per heavy atom. The largest absolute Gasteiger partial charge is 0.465 e. The van der Waals surface area contributed by atoms with Crippen molar-refractivity contribution in [2.45, 2.75) is 12.5 Å². The molecule has 0 radical (unpaired) electrons. The van der Waals surface area contributed by atoms with Crippen molar-refractivity contribution in [2.75, 3.05) is 13.7 Å². The Morgan fingerprint density at radius 3 is 2.47 bits per heavy atom. The quantitative estimate of drug-likeness (QED) is 0.343. The van der Waals surface area contributed by atoms with E-state index in [-0.39, 0.29) is 17.1 Å². The van der Waals surface area contributed by atoms with Crippen LogP contribution in [0.1, 0.15) is 43.6 Å². The van der Waals surface area contributed by atoms with Gasteiger partial charge >= 0.3 is 5.97 Å². The lowest BCUT2D eigenvalue weighted by atomic mass is 9.97. The Balaban J connectivity index is 1.63. The second kappa shape index (κ2) is 8.91. The van der Waals surface area contributed by atoms with E-state index < -0.39 is 12.0 Å². The molecule has 1 aliphatic rings. The van der Waals surface area contributed by atoms with Gasteiger partial charge in [0.1, 0.15) is 5.58 Å². The van der Waals surface area contributed by atoms with Gasteiger partial charge in [-0.25, -0.2) is 4.79 Å². The summed E-state index contributed by atoms with van der Waals surface area (Å²) in [6, 6.07) is 21.2. The first kappa shape index (κ1) is 22.1. The third-order valence-corrected chi connectivity index (χ3v) is 6.55. The van der Waals surface area contributed by atoms with Gasteiger partial charge < -0.3 is 14.1 Å². The highest BCUT2D eigenvalue weighted by molar-refractivity contribution is 9.10. The Hall–Kier alpha value is -3.71. The number of nitrogens with zero attached hydrogens (tertiary/aromatic N) is 1. The lowest BCUT2D eigenvalue weighted by Gasteiger charge is -2.25. The van der Waals surface area contributed by atoms with E-state index in [9.17, 15) is 14.4 Å². The molecule has 5 rings (SSSR count). The molecule has 1 unspecified atom stereocenters. The highest BCUT2D eigenvalue weighted by Gasteiger charge is 2.42. The summed E-state index contributed by atoms with van der Waals surface area (Å²) in [5, 5.41) is 0.405. The molecule has 0 fully saturated rings. The molecule has 3 aromatic carbocycles. The van der Waals surface area contributed by atoms with Gasteiger partial charge in [-0.15, -0.1) is 0 Å². The Bertz CT molecular complexity index is 1460. The third-order valence-electron chi connectivity index (χ3n) is 6.06. The maximum atomic E-state index is 13.6. The normalized spacial score (nSPS) is 14.9. The molecule has 1 aromatic heterocycles. The molecule has 0 spiro atoms. The highest BCUT2D eigenvalue weighted by Crippen LogP contribution is 2.38. The second-order valence-electron chi connectivity index (χ2n) is 8.06. The molecule has 1 amide bonds. The molecule has 0 saturated carbocycles. The lowest BCUT2D eigenvalue weighted by Crippen LogP contribution is -2.31. The van der Waals surface area contributed by atoms with Crippen molar-refractivity contribution in [3.63, 3.8) is 0 Å². The number of benzene rings is 3. The number of amides is 1. The zero-order chi connectivity index (χ0) is 23.8. The van der Waals surface area contributed by atoms with Crippen LogP contribution in [0.4, 0.5) is 0 Å². The summed E-state index contributed by atoms with van der Waals surface area (Å²) in [7, 11) is 1.32. The van der Waals surface area contributed by atoms with Crippen molar-refractivity contribution in [1.29, 1.82) is 0 Å². The van der Waals surface area contributed by atoms with E-state index in [1.807, 2.05) is 30.3 Å². The number of carbonyl (C=O) groups excluding carboxylic acids is 2. The summed E-state index contributed by atoms with van der Waals surface area (Å²) < 4.78 is 11.5. The van der Waals surface area contributed by atoms with E-state index in [0.717, 1.165) is 15.6 Å². The summed E-state index contributed by atoms with van der Waals surface area (Å²) in [6.07, 6.45) is 0.622. The molecule has 1 aliphatic heterocycles. The minimum atomic E-state index is -0.627. The number of hydrogen-bond acceptors (Lipinski definition) is 5. The molecule has 7 heteroatoms. The van der Waals surface area contributed by atoms with E-state index >= 15 is 0 Å². The summed E-state index contributed by atoms with van der Waals surface area (Å²) in [6.45, 7) is 0.399. The van der Waals surface area contributed by atoms with E-state index in [0.29, 0.717) is 35.1 Å². The molecule has 2 heterocycles. The maximum Gasteiger partial charge on any atom is 0.337 e. The van der Waals surface area contributed by atoms with Gasteiger partial charge in [-0.2, -0.15) is 0 Å². The van der Waals surface area contributed by atoms with Crippen LogP contribution in [-0.2, 0) is 11.2 Å². The Kier molecular flexibility index (Phi) is 5.79. The number of esters is 1. The maximum absolute atomic E-state index is 13.6. The van der Waals surface area contributed by atoms with Gasteiger partial charge in [0.15, 0.2) is 5.43 Å². The minimum absolute atomic E-state index is 0.0647. The average molecular weight is 518 g/mol. The smallest absolute Gasteiger partial charge is 0.337 e. The van der Waals surface area contributed by atoms with E-state index in [1.54, 1.807) is 47.4 Å². The number of rotatable bonds is 5. The molecule has 0 aliphatic carbocycles. The molecule has 1 atom stereocenters. The molecular formula is C27H20BrNO5. The molecular weight excluding hydrogens is 498 g/mol. The number of fused-ring (bicyclic) bond motifs is 2. The van der Waals surface area contributed by atoms with Crippen LogP contribution in [0.2, 0.25) is 0 Å². The highest BCUT2D eigenvalue weighted by atomic mass is 79.9. The SMILES string of the molecule is COC(=O)c1ccc(C2c3c(oc4ccc(Br)cc4c3=O)C(=O)N2CCc2ccccc2)cc1. The average Bonchev–Trinajstić information content (AvgIpc) is 3.15. The zero-order valence-electron chi connectivity index (χ0n) is 18.3. The summed E-state index contributed by atoms with van der Waals surface area (Å²) in [5.41, 5.74) is 2.63. The first-order valence-electron chi connectivity index (χ1n) is 10.8. The van der Waals surface area contributed by atoms with Crippen LogP contribution in [0, 0.1) is 0 Å². The number of methoxy groups -OCH3 is 1. The molecule has 0 N–H and O–H groups in total. The van der Waals surface area contributed by atoms with Crippen LogP contribution in [0.15, 0.2) is 86.5 Å². The van der Waals surface area contributed by atoms with Crippen molar-refractivity contribution in [2.24, 2.45) is 0 Å².